The van der Waals surface area contributed by atoms with E-state index < -0.39 is 0 Å². The molecule has 1 heterocycles. The first kappa shape index (κ1) is 15.2. The second kappa shape index (κ2) is 6.99. The second-order valence-corrected chi connectivity index (χ2v) is 5.66. The summed E-state index contributed by atoms with van der Waals surface area (Å²) in [5, 5.41) is 3.18. The molecule has 0 fully saturated rings. The summed E-state index contributed by atoms with van der Waals surface area (Å²) in [5.41, 5.74) is 0.660. The Morgan fingerprint density at radius 1 is 1.45 bits per heavy atom. The molecular formula is C15H19BrFN3. The highest BCUT2D eigenvalue weighted by atomic mass is 79.9. The first-order valence-corrected chi connectivity index (χ1v) is 7.57. The Morgan fingerprint density at radius 2 is 2.25 bits per heavy atom. The van der Waals surface area contributed by atoms with Crippen molar-refractivity contribution in [3.8, 4) is 0 Å². The van der Waals surface area contributed by atoms with Crippen LogP contribution >= 0.6 is 15.9 Å². The summed E-state index contributed by atoms with van der Waals surface area (Å²) in [4.78, 5) is 4.39. The number of nitrogens with zero attached hydrogens (tertiary/aromatic N) is 2. The Kier molecular flexibility index (Phi) is 5.31. The molecule has 20 heavy (non-hydrogen) atoms. The Labute approximate surface area is 127 Å². The molecule has 2 rings (SSSR count). The smallest absolute Gasteiger partial charge is 0.128 e. The highest BCUT2D eigenvalue weighted by Gasteiger charge is 2.17. The largest absolute Gasteiger partial charge is 0.335 e. The van der Waals surface area contributed by atoms with Crippen molar-refractivity contribution in [3.63, 3.8) is 0 Å². The Morgan fingerprint density at radius 3 is 2.95 bits per heavy atom. The van der Waals surface area contributed by atoms with Crippen LogP contribution in [0.4, 0.5) is 4.39 Å². The van der Waals surface area contributed by atoms with Crippen molar-refractivity contribution in [2.45, 2.75) is 32.4 Å². The van der Waals surface area contributed by atoms with Crippen molar-refractivity contribution in [2.75, 3.05) is 7.05 Å². The summed E-state index contributed by atoms with van der Waals surface area (Å²) >= 11 is 3.40. The Hall–Kier alpha value is -1.20. The summed E-state index contributed by atoms with van der Waals surface area (Å²) in [6, 6.07) is 4.93. The third-order valence-corrected chi connectivity index (χ3v) is 3.83. The average molecular weight is 340 g/mol. The number of benzene rings is 1. The van der Waals surface area contributed by atoms with E-state index in [1.54, 1.807) is 12.3 Å². The summed E-state index contributed by atoms with van der Waals surface area (Å²) in [6.07, 6.45) is 5.49. The Balaban J connectivity index is 2.24. The number of halogens is 2. The van der Waals surface area contributed by atoms with Gasteiger partial charge in [0, 0.05) is 41.4 Å². The molecule has 1 N–H and O–H groups in total. The van der Waals surface area contributed by atoms with Gasteiger partial charge >= 0.3 is 0 Å². The molecule has 1 atom stereocenters. The van der Waals surface area contributed by atoms with Gasteiger partial charge in [-0.15, -0.1) is 0 Å². The monoisotopic (exact) mass is 339 g/mol. The lowest BCUT2D eigenvalue weighted by atomic mass is 10.0. The van der Waals surface area contributed by atoms with Gasteiger partial charge in [0.05, 0.1) is 0 Å². The number of nitrogens with one attached hydrogen (secondary N) is 1. The number of likely N-dealkylation sites (N-methyl/N-ethyl adjacent to an activating group) is 1. The van der Waals surface area contributed by atoms with E-state index in [4.69, 9.17) is 0 Å². The van der Waals surface area contributed by atoms with E-state index in [-0.39, 0.29) is 11.9 Å². The number of rotatable bonds is 6. The van der Waals surface area contributed by atoms with Crippen LogP contribution < -0.4 is 5.32 Å². The van der Waals surface area contributed by atoms with Gasteiger partial charge in [0.1, 0.15) is 11.6 Å². The van der Waals surface area contributed by atoms with Gasteiger partial charge in [-0.25, -0.2) is 9.37 Å². The second-order valence-electron chi connectivity index (χ2n) is 4.75. The maximum atomic E-state index is 14.0. The molecule has 0 aliphatic rings. The van der Waals surface area contributed by atoms with Crippen LogP contribution in [0.1, 0.15) is 30.8 Å². The number of hydrogen-bond acceptors (Lipinski definition) is 2. The van der Waals surface area contributed by atoms with E-state index >= 15 is 0 Å². The van der Waals surface area contributed by atoms with Gasteiger partial charge in [-0.3, -0.25) is 0 Å². The molecular weight excluding hydrogens is 321 g/mol. The van der Waals surface area contributed by atoms with Crippen molar-refractivity contribution in [2.24, 2.45) is 0 Å². The van der Waals surface area contributed by atoms with Crippen LogP contribution in [0.25, 0.3) is 0 Å². The van der Waals surface area contributed by atoms with E-state index in [1.165, 1.54) is 6.07 Å². The third kappa shape index (κ3) is 3.46. The van der Waals surface area contributed by atoms with Crippen LogP contribution in [0.2, 0.25) is 0 Å². The van der Waals surface area contributed by atoms with E-state index in [1.807, 2.05) is 19.3 Å². The molecule has 0 spiro atoms. The molecule has 3 nitrogen and oxygen atoms in total. The molecule has 0 aliphatic carbocycles. The normalized spacial score (nSPS) is 12.6. The van der Waals surface area contributed by atoms with Gasteiger partial charge in [0.25, 0.3) is 0 Å². The molecule has 0 amide bonds. The topological polar surface area (TPSA) is 29.9 Å². The van der Waals surface area contributed by atoms with Crippen LogP contribution in [-0.2, 0) is 13.0 Å². The van der Waals surface area contributed by atoms with Crippen molar-refractivity contribution in [1.82, 2.24) is 14.9 Å². The fourth-order valence-electron chi connectivity index (χ4n) is 2.31. The molecule has 5 heteroatoms. The molecule has 0 saturated heterocycles. The number of imidazole rings is 1. The molecule has 1 unspecified atom stereocenters. The molecule has 0 radical (unpaired) electrons. The van der Waals surface area contributed by atoms with Crippen LogP contribution in [-0.4, -0.2) is 16.6 Å². The van der Waals surface area contributed by atoms with Crippen molar-refractivity contribution in [3.05, 3.63) is 52.3 Å². The fourth-order valence-corrected chi connectivity index (χ4v) is 2.69. The standard InChI is InChI=1S/C15H19BrFN3/c1-3-7-20-8-6-19-15(20)10-14(18-2)12-9-11(16)4-5-13(12)17/h4-6,8-9,14,18H,3,7,10H2,1-2H3. The number of hydrogen-bond donors (Lipinski definition) is 1. The molecule has 0 aliphatic heterocycles. The van der Waals surface area contributed by atoms with Gasteiger partial charge < -0.3 is 9.88 Å². The van der Waals surface area contributed by atoms with Crippen LogP contribution in [0.3, 0.4) is 0 Å². The van der Waals surface area contributed by atoms with Crippen molar-refractivity contribution >= 4 is 15.9 Å². The average Bonchev–Trinajstić information content (AvgIpc) is 2.87. The first-order valence-electron chi connectivity index (χ1n) is 6.78. The van der Waals surface area contributed by atoms with Gasteiger partial charge in [0.15, 0.2) is 0 Å². The lowest BCUT2D eigenvalue weighted by Gasteiger charge is -2.18. The Bertz CT molecular complexity index is 568. The zero-order chi connectivity index (χ0) is 14.5. The van der Waals surface area contributed by atoms with Crippen molar-refractivity contribution in [1.29, 1.82) is 0 Å². The van der Waals surface area contributed by atoms with Gasteiger partial charge in [-0.1, -0.05) is 22.9 Å². The van der Waals surface area contributed by atoms with E-state index in [9.17, 15) is 4.39 Å². The predicted molar refractivity (Wildman–Crippen MR) is 82.1 cm³/mol. The highest BCUT2D eigenvalue weighted by molar-refractivity contribution is 9.10. The van der Waals surface area contributed by atoms with Gasteiger partial charge in [-0.2, -0.15) is 0 Å². The summed E-state index contributed by atoms with van der Waals surface area (Å²) < 4.78 is 17.0. The molecule has 0 bridgehead atoms. The van der Waals surface area contributed by atoms with Crippen LogP contribution in [0, 0.1) is 5.82 Å². The van der Waals surface area contributed by atoms with Crippen LogP contribution in [0.15, 0.2) is 35.1 Å². The predicted octanol–water partition coefficient (Wildman–Crippen LogP) is 3.70. The number of aromatic nitrogens is 2. The summed E-state index contributed by atoms with van der Waals surface area (Å²) in [7, 11) is 1.85. The minimum absolute atomic E-state index is 0.0921. The maximum absolute atomic E-state index is 14.0. The molecule has 1 aromatic carbocycles. The van der Waals surface area contributed by atoms with E-state index in [2.05, 4.69) is 37.7 Å². The van der Waals surface area contributed by atoms with Gasteiger partial charge in [-0.05, 0) is 31.7 Å². The van der Waals surface area contributed by atoms with Crippen LogP contribution in [0.5, 0.6) is 0 Å². The number of aryl methyl sites for hydroxylation is 1. The lowest BCUT2D eigenvalue weighted by molar-refractivity contribution is 0.510. The minimum atomic E-state index is -0.193. The molecule has 1 aromatic heterocycles. The first-order chi connectivity index (χ1) is 9.65. The molecule has 108 valence electrons. The summed E-state index contributed by atoms with van der Waals surface area (Å²) in [6.45, 7) is 3.07. The maximum Gasteiger partial charge on any atom is 0.128 e. The van der Waals surface area contributed by atoms with Crippen molar-refractivity contribution < 1.29 is 4.39 Å². The summed E-state index contributed by atoms with van der Waals surface area (Å²) in [5.74, 6) is 0.784. The molecule has 2 aromatic rings. The zero-order valence-corrected chi connectivity index (χ0v) is 13.3. The third-order valence-electron chi connectivity index (χ3n) is 3.33. The SMILES string of the molecule is CCCn1ccnc1CC(NC)c1cc(Br)ccc1F. The highest BCUT2D eigenvalue weighted by Crippen LogP contribution is 2.24. The van der Waals surface area contributed by atoms with E-state index in [0.29, 0.717) is 12.0 Å². The van der Waals surface area contributed by atoms with Gasteiger partial charge in [0.2, 0.25) is 0 Å². The quantitative estimate of drug-likeness (QED) is 0.869. The fraction of sp³-hybridized carbons (Fsp3) is 0.400. The zero-order valence-electron chi connectivity index (χ0n) is 11.7. The molecule has 0 saturated carbocycles. The lowest BCUT2D eigenvalue weighted by Crippen LogP contribution is -2.22. The van der Waals surface area contributed by atoms with E-state index in [0.717, 1.165) is 23.3 Å². The minimum Gasteiger partial charge on any atom is -0.335 e.